The lowest BCUT2D eigenvalue weighted by Gasteiger charge is -2.21. The maximum Gasteiger partial charge on any atom is 0.119 e. The zero-order valence-corrected chi connectivity index (χ0v) is 18.5. The quantitative estimate of drug-likeness (QED) is 0.463. The van der Waals surface area contributed by atoms with Crippen molar-refractivity contribution in [1.29, 1.82) is 0 Å². The number of ether oxygens (including phenoxy) is 1. The van der Waals surface area contributed by atoms with E-state index in [4.69, 9.17) is 9.72 Å². The molecule has 0 amide bonds. The van der Waals surface area contributed by atoms with Crippen molar-refractivity contribution in [2.45, 2.75) is 26.2 Å². The van der Waals surface area contributed by atoms with Crippen molar-refractivity contribution in [2.24, 2.45) is 0 Å². The van der Waals surface area contributed by atoms with Gasteiger partial charge in [0.15, 0.2) is 0 Å². The van der Waals surface area contributed by atoms with Crippen LogP contribution in [0, 0.1) is 0 Å². The number of rotatable bonds is 8. The number of nitrogens with zero attached hydrogens (tertiary/aromatic N) is 1. The first-order valence-electron chi connectivity index (χ1n) is 10.2. The van der Waals surface area contributed by atoms with E-state index in [0.717, 1.165) is 51.4 Å². The van der Waals surface area contributed by atoms with Crippen molar-refractivity contribution in [2.75, 3.05) is 20.7 Å². The molecule has 3 aromatic rings. The number of likely N-dealkylation sites (N-methyl/N-ethyl adjacent to an activating group) is 1. The average molecular weight is 402 g/mol. The van der Waals surface area contributed by atoms with Gasteiger partial charge in [0, 0.05) is 17.5 Å². The van der Waals surface area contributed by atoms with Crippen LogP contribution in [0.2, 0.25) is 0 Å². The van der Waals surface area contributed by atoms with Crippen molar-refractivity contribution in [3.63, 3.8) is 0 Å². The number of allylic oxidation sites excluding steroid dienone is 5. The van der Waals surface area contributed by atoms with Crippen LogP contribution in [0.4, 0.5) is 0 Å². The van der Waals surface area contributed by atoms with Crippen LogP contribution < -0.4 is 10.1 Å². The third-order valence-corrected chi connectivity index (χ3v) is 5.22. The normalized spacial score (nSPS) is 12.6. The molecule has 0 unspecified atom stereocenters. The Balaban J connectivity index is 2.21. The van der Waals surface area contributed by atoms with Crippen LogP contribution in [0.3, 0.4) is 0 Å². The topological polar surface area (TPSA) is 49.9 Å². The predicted molar refractivity (Wildman–Crippen MR) is 128 cm³/mol. The van der Waals surface area contributed by atoms with Gasteiger partial charge in [0.25, 0.3) is 0 Å². The Labute approximate surface area is 179 Å². The van der Waals surface area contributed by atoms with Gasteiger partial charge >= 0.3 is 0 Å². The van der Waals surface area contributed by atoms with E-state index in [-0.39, 0.29) is 5.41 Å². The number of nitrogens with one attached hydrogen (secondary N) is 2. The number of H-pyrrole nitrogens is 1. The number of benzene rings is 2. The van der Waals surface area contributed by atoms with Crippen molar-refractivity contribution in [3.05, 3.63) is 78.8 Å². The van der Waals surface area contributed by atoms with E-state index in [0.29, 0.717) is 0 Å². The highest BCUT2D eigenvalue weighted by Crippen LogP contribution is 2.34. The third-order valence-electron chi connectivity index (χ3n) is 5.22. The molecule has 3 rings (SSSR count). The van der Waals surface area contributed by atoms with Crippen LogP contribution in [0.15, 0.2) is 67.3 Å². The minimum absolute atomic E-state index is 0.138. The molecule has 0 fully saturated rings. The molecule has 0 aliphatic carbocycles. The van der Waals surface area contributed by atoms with E-state index in [2.05, 4.69) is 67.1 Å². The summed E-state index contributed by atoms with van der Waals surface area (Å²) in [4.78, 5) is 8.67. The standard InChI is InChI=1S/C26H31N3O/c1-7-9-18(10-8-2)23-24(29-25(28-23)26(3,4)17-27-5)21-12-11-20-16-22(30-6)14-13-19(20)15-21/h7-16,27H,1,17H2,2-6H3,(H,28,29)/b10-8-,18-9+. The van der Waals surface area contributed by atoms with Gasteiger partial charge in [-0.25, -0.2) is 4.98 Å². The molecule has 30 heavy (non-hydrogen) atoms. The lowest BCUT2D eigenvalue weighted by Crippen LogP contribution is -2.31. The SMILES string of the molecule is C=C/C=C(\C=C/C)c1[nH]c(C(C)(C)CNC)nc1-c1ccc2cc(OC)ccc2c1. The van der Waals surface area contributed by atoms with Gasteiger partial charge in [-0.2, -0.15) is 0 Å². The second kappa shape index (κ2) is 9.14. The van der Waals surface area contributed by atoms with Crippen LogP contribution in [0.25, 0.3) is 27.6 Å². The third kappa shape index (κ3) is 4.39. The number of hydrogen-bond acceptors (Lipinski definition) is 3. The molecule has 0 radical (unpaired) electrons. The molecule has 0 aliphatic rings. The Morgan fingerprint density at radius 3 is 2.60 bits per heavy atom. The first kappa shape index (κ1) is 21.6. The Morgan fingerprint density at radius 2 is 1.93 bits per heavy atom. The first-order chi connectivity index (χ1) is 14.4. The predicted octanol–water partition coefficient (Wildman–Crippen LogP) is 5.88. The molecule has 1 heterocycles. The van der Waals surface area contributed by atoms with Gasteiger partial charge in [-0.3, -0.25) is 0 Å². The van der Waals surface area contributed by atoms with E-state index in [1.165, 1.54) is 0 Å². The molecular weight excluding hydrogens is 370 g/mol. The largest absolute Gasteiger partial charge is 0.497 e. The number of aromatic amines is 1. The number of methoxy groups -OCH3 is 1. The van der Waals surface area contributed by atoms with Crippen molar-refractivity contribution >= 4 is 16.3 Å². The second-order valence-corrected chi connectivity index (χ2v) is 8.01. The summed E-state index contributed by atoms with van der Waals surface area (Å²) < 4.78 is 5.36. The molecule has 156 valence electrons. The molecule has 2 aromatic carbocycles. The monoisotopic (exact) mass is 401 g/mol. The molecule has 1 aromatic heterocycles. The zero-order valence-electron chi connectivity index (χ0n) is 18.5. The van der Waals surface area contributed by atoms with Crippen molar-refractivity contribution < 1.29 is 4.74 Å². The first-order valence-corrected chi connectivity index (χ1v) is 10.2. The van der Waals surface area contributed by atoms with Crippen molar-refractivity contribution in [1.82, 2.24) is 15.3 Å². The molecule has 4 heteroatoms. The lowest BCUT2D eigenvalue weighted by atomic mass is 9.92. The lowest BCUT2D eigenvalue weighted by molar-refractivity contribution is 0.415. The minimum Gasteiger partial charge on any atom is -0.497 e. The van der Waals surface area contributed by atoms with Gasteiger partial charge in [-0.15, -0.1) is 0 Å². The molecule has 0 aliphatic heterocycles. The van der Waals surface area contributed by atoms with Gasteiger partial charge in [0.05, 0.1) is 18.5 Å². The second-order valence-electron chi connectivity index (χ2n) is 8.01. The Kier molecular flexibility index (Phi) is 6.58. The van der Waals surface area contributed by atoms with Crippen LogP contribution >= 0.6 is 0 Å². The fourth-order valence-corrected chi connectivity index (χ4v) is 3.66. The molecule has 0 saturated heterocycles. The summed E-state index contributed by atoms with van der Waals surface area (Å²) in [6.45, 7) is 11.1. The number of aromatic nitrogens is 2. The average Bonchev–Trinajstić information content (AvgIpc) is 3.19. The summed E-state index contributed by atoms with van der Waals surface area (Å²) in [6.07, 6.45) is 7.94. The Hall–Kier alpha value is -3.11. The summed E-state index contributed by atoms with van der Waals surface area (Å²) in [5.41, 5.74) is 3.93. The highest BCUT2D eigenvalue weighted by Gasteiger charge is 2.26. The molecule has 0 atom stereocenters. The number of hydrogen-bond donors (Lipinski definition) is 2. The molecule has 0 saturated carbocycles. The Bertz CT molecular complexity index is 1100. The Morgan fingerprint density at radius 1 is 1.20 bits per heavy atom. The number of fused-ring (bicyclic) bond motifs is 1. The molecular formula is C26H31N3O. The van der Waals surface area contributed by atoms with Crippen LogP contribution in [0.5, 0.6) is 5.75 Å². The van der Waals surface area contributed by atoms with Crippen LogP contribution in [-0.2, 0) is 5.41 Å². The van der Waals surface area contributed by atoms with Gasteiger partial charge in [0.1, 0.15) is 11.6 Å². The van der Waals surface area contributed by atoms with Gasteiger partial charge in [0.2, 0.25) is 0 Å². The molecule has 4 nitrogen and oxygen atoms in total. The fraction of sp³-hybridized carbons (Fsp3) is 0.269. The minimum atomic E-state index is -0.138. The zero-order chi connectivity index (χ0) is 21.7. The maximum absolute atomic E-state index is 5.36. The van der Waals surface area contributed by atoms with E-state index in [9.17, 15) is 0 Å². The molecule has 0 spiro atoms. The summed E-state index contributed by atoms with van der Waals surface area (Å²) in [5, 5.41) is 5.56. The van der Waals surface area contributed by atoms with E-state index in [1.807, 2.05) is 38.3 Å². The highest BCUT2D eigenvalue weighted by atomic mass is 16.5. The van der Waals surface area contributed by atoms with E-state index >= 15 is 0 Å². The summed E-state index contributed by atoms with van der Waals surface area (Å²) in [5.74, 6) is 1.81. The van der Waals surface area contributed by atoms with Crippen LogP contribution in [0.1, 0.15) is 32.3 Å². The summed E-state index contributed by atoms with van der Waals surface area (Å²) in [6, 6.07) is 12.6. The summed E-state index contributed by atoms with van der Waals surface area (Å²) in [7, 11) is 3.65. The maximum atomic E-state index is 5.36. The van der Waals surface area contributed by atoms with Gasteiger partial charge in [-0.05, 0) is 48.5 Å². The van der Waals surface area contributed by atoms with Crippen LogP contribution in [-0.4, -0.2) is 30.7 Å². The molecule has 0 bridgehead atoms. The van der Waals surface area contributed by atoms with E-state index in [1.54, 1.807) is 7.11 Å². The fourth-order valence-electron chi connectivity index (χ4n) is 3.66. The highest BCUT2D eigenvalue weighted by molar-refractivity contribution is 5.90. The summed E-state index contributed by atoms with van der Waals surface area (Å²) >= 11 is 0. The smallest absolute Gasteiger partial charge is 0.119 e. The van der Waals surface area contributed by atoms with Crippen molar-refractivity contribution in [3.8, 4) is 17.0 Å². The van der Waals surface area contributed by atoms with E-state index < -0.39 is 0 Å². The van der Waals surface area contributed by atoms with Gasteiger partial charge in [-0.1, -0.05) is 62.9 Å². The van der Waals surface area contributed by atoms with Gasteiger partial charge < -0.3 is 15.0 Å². The molecule has 2 N–H and O–H groups in total. The number of imidazole rings is 1.